The number of benzene rings is 3. The van der Waals surface area contributed by atoms with Crippen LogP contribution in [0.15, 0.2) is 59.5 Å². The van der Waals surface area contributed by atoms with E-state index < -0.39 is 15.7 Å². The van der Waals surface area contributed by atoms with Gasteiger partial charge in [-0.25, -0.2) is 4.79 Å². The fraction of sp³-hybridized carbons (Fsp3) is 0.393. The molecule has 36 heavy (non-hydrogen) atoms. The molecular formula is C28H33NO6S. The minimum atomic E-state index is -4.12. The fourth-order valence-corrected chi connectivity index (χ4v) is 5.78. The quantitative estimate of drug-likeness (QED) is 0.389. The van der Waals surface area contributed by atoms with Crippen LogP contribution in [0.2, 0.25) is 0 Å². The monoisotopic (exact) mass is 511 g/mol. The summed E-state index contributed by atoms with van der Waals surface area (Å²) in [6, 6.07) is 16.1. The van der Waals surface area contributed by atoms with Gasteiger partial charge in [0.1, 0.15) is 10.5 Å². The van der Waals surface area contributed by atoms with Crippen molar-refractivity contribution in [3.8, 4) is 11.5 Å². The number of aryl methyl sites for hydroxylation is 1. The van der Waals surface area contributed by atoms with Crippen molar-refractivity contribution in [2.45, 2.75) is 57.0 Å². The molecule has 1 aliphatic rings. The lowest BCUT2D eigenvalue weighted by Gasteiger charge is -2.34. The Morgan fingerprint density at radius 1 is 1.00 bits per heavy atom. The van der Waals surface area contributed by atoms with Crippen LogP contribution in [0.25, 0.3) is 10.8 Å². The number of nitrogens with zero attached hydrogens (tertiary/aromatic N) is 1. The zero-order chi connectivity index (χ0) is 26.1. The van der Waals surface area contributed by atoms with E-state index in [0.717, 1.165) is 16.5 Å². The molecule has 192 valence electrons. The molecule has 0 aliphatic carbocycles. The summed E-state index contributed by atoms with van der Waals surface area (Å²) in [7, 11) is -2.61. The highest BCUT2D eigenvalue weighted by molar-refractivity contribution is 7.87. The van der Waals surface area contributed by atoms with Crippen molar-refractivity contribution < 1.29 is 26.9 Å². The maximum atomic E-state index is 13.4. The van der Waals surface area contributed by atoms with Gasteiger partial charge in [-0.2, -0.15) is 8.42 Å². The van der Waals surface area contributed by atoms with E-state index in [1.54, 1.807) is 35.2 Å². The van der Waals surface area contributed by atoms with Crippen molar-refractivity contribution >= 4 is 27.0 Å². The zero-order valence-corrected chi connectivity index (χ0v) is 22.2. The molecule has 0 saturated carbocycles. The summed E-state index contributed by atoms with van der Waals surface area (Å²) >= 11 is 0. The number of rotatable bonds is 5. The average Bonchev–Trinajstić information content (AvgIpc) is 2.82. The Kier molecular flexibility index (Phi) is 7.18. The molecule has 0 N–H and O–H groups in total. The van der Waals surface area contributed by atoms with Crippen LogP contribution in [-0.4, -0.2) is 45.2 Å². The highest BCUT2D eigenvalue weighted by Gasteiger charge is 2.31. The van der Waals surface area contributed by atoms with E-state index in [9.17, 15) is 13.2 Å². The second-order valence-electron chi connectivity index (χ2n) is 10.1. The number of likely N-dealkylation sites (tertiary alicyclic amines) is 1. The van der Waals surface area contributed by atoms with E-state index in [-0.39, 0.29) is 22.7 Å². The number of amides is 1. The van der Waals surface area contributed by atoms with Crippen molar-refractivity contribution in [1.29, 1.82) is 0 Å². The first-order valence-electron chi connectivity index (χ1n) is 12.1. The van der Waals surface area contributed by atoms with Crippen LogP contribution in [0.3, 0.4) is 0 Å². The van der Waals surface area contributed by atoms with Crippen LogP contribution in [-0.2, 0) is 14.9 Å². The van der Waals surface area contributed by atoms with Crippen molar-refractivity contribution in [2.75, 3.05) is 20.2 Å². The predicted octanol–water partition coefficient (Wildman–Crippen LogP) is 6.04. The van der Waals surface area contributed by atoms with Gasteiger partial charge in [0.15, 0.2) is 11.5 Å². The number of fused-ring (bicyclic) bond motifs is 1. The molecule has 0 spiro atoms. The van der Waals surface area contributed by atoms with Gasteiger partial charge in [-0.15, -0.1) is 0 Å². The molecule has 1 fully saturated rings. The minimum Gasteiger partial charge on any atom is -0.492 e. The Hall–Kier alpha value is -3.26. The lowest BCUT2D eigenvalue weighted by molar-refractivity contribution is 0.0204. The Morgan fingerprint density at radius 2 is 1.67 bits per heavy atom. The van der Waals surface area contributed by atoms with E-state index in [0.29, 0.717) is 37.1 Å². The molecule has 1 saturated heterocycles. The van der Waals surface area contributed by atoms with Gasteiger partial charge in [-0.3, -0.25) is 0 Å². The first-order chi connectivity index (χ1) is 17.0. The molecule has 0 aromatic heterocycles. The lowest BCUT2D eigenvalue weighted by atomic mass is 9.88. The fourth-order valence-electron chi connectivity index (χ4n) is 4.63. The molecular weight excluding hydrogens is 478 g/mol. The van der Waals surface area contributed by atoms with Gasteiger partial charge in [0.2, 0.25) is 0 Å². The summed E-state index contributed by atoms with van der Waals surface area (Å²) in [6.07, 6.45) is 1.09. The summed E-state index contributed by atoms with van der Waals surface area (Å²) in [5.41, 5.74) is 1.20. The third kappa shape index (κ3) is 5.59. The first kappa shape index (κ1) is 25.8. The summed E-state index contributed by atoms with van der Waals surface area (Å²) in [6.45, 7) is 8.54. The summed E-state index contributed by atoms with van der Waals surface area (Å²) < 4.78 is 43.7. The molecule has 4 rings (SSSR count). The number of methoxy groups -OCH3 is 1. The SMILES string of the molecule is COc1c(OS(=O)(=O)c2cccc3ccccc23)cc(C)cc1C1CCN(C(=O)OC(C)(C)C)CC1. The van der Waals surface area contributed by atoms with Crippen molar-refractivity contribution in [3.63, 3.8) is 0 Å². The number of carbonyl (C=O) groups excluding carboxylic acids is 1. The number of carbonyl (C=O) groups is 1. The van der Waals surface area contributed by atoms with Gasteiger partial charge in [-0.1, -0.05) is 42.5 Å². The number of ether oxygens (including phenoxy) is 2. The van der Waals surface area contributed by atoms with Gasteiger partial charge in [-0.05, 0) is 69.5 Å². The third-order valence-corrected chi connectivity index (χ3v) is 7.53. The minimum absolute atomic E-state index is 0.0844. The Morgan fingerprint density at radius 3 is 2.33 bits per heavy atom. The van der Waals surface area contributed by atoms with Gasteiger partial charge >= 0.3 is 16.2 Å². The highest BCUT2D eigenvalue weighted by atomic mass is 32.2. The predicted molar refractivity (Wildman–Crippen MR) is 139 cm³/mol. The van der Waals surface area contributed by atoms with Crippen LogP contribution in [0.4, 0.5) is 4.79 Å². The van der Waals surface area contributed by atoms with Crippen molar-refractivity contribution in [3.05, 3.63) is 65.7 Å². The number of hydrogen-bond donors (Lipinski definition) is 0. The topological polar surface area (TPSA) is 82.1 Å². The number of hydrogen-bond acceptors (Lipinski definition) is 6. The molecule has 0 bridgehead atoms. The molecule has 7 nitrogen and oxygen atoms in total. The van der Waals surface area contributed by atoms with Gasteiger partial charge in [0.05, 0.1) is 7.11 Å². The maximum absolute atomic E-state index is 13.4. The molecule has 0 radical (unpaired) electrons. The van der Waals surface area contributed by atoms with E-state index in [1.165, 1.54) is 7.11 Å². The van der Waals surface area contributed by atoms with Crippen LogP contribution < -0.4 is 8.92 Å². The summed E-state index contributed by atoms with van der Waals surface area (Å²) in [4.78, 5) is 14.3. The van der Waals surface area contributed by atoms with Crippen LogP contribution in [0.1, 0.15) is 50.7 Å². The van der Waals surface area contributed by atoms with Crippen molar-refractivity contribution in [1.82, 2.24) is 4.90 Å². The molecule has 1 aliphatic heterocycles. The normalized spacial score (nSPS) is 15.1. The molecule has 1 heterocycles. The van der Waals surface area contributed by atoms with Crippen LogP contribution in [0.5, 0.6) is 11.5 Å². The smallest absolute Gasteiger partial charge is 0.410 e. The Balaban J connectivity index is 1.60. The Bertz CT molecular complexity index is 1360. The van der Waals surface area contributed by atoms with E-state index in [1.807, 2.05) is 52.0 Å². The molecule has 3 aromatic carbocycles. The van der Waals surface area contributed by atoms with Crippen LogP contribution in [0, 0.1) is 6.92 Å². The first-order valence-corrected chi connectivity index (χ1v) is 13.5. The van der Waals surface area contributed by atoms with Gasteiger partial charge in [0.25, 0.3) is 0 Å². The van der Waals surface area contributed by atoms with Gasteiger partial charge in [0, 0.05) is 24.0 Å². The Labute approximate surface area is 213 Å². The largest absolute Gasteiger partial charge is 0.492 e. The van der Waals surface area contributed by atoms with E-state index >= 15 is 0 Å². The molecule has 1 amide bonds. The molecule has 0 unspecified atom stereocenters. The zero-order valence-electron chi connectivity index (χ0n) is 21.4. The van der Waals surface area contributed by atoms with Crippen molar-refractivity contribution in [2.24, 2.45) is 0 Å². The average molecular weight is 512 g/mol. The van der Waals surface area contributed by atoms with Gasteiger partial charge < -0.3 is 18.6 Å². The lowest BCUT2D eigenvalue weighted by Crippen LogP contribution is -2.41. The molecule has 3 aromatic rings. The standard InChI is InChI=1S/C28H33NO6S/c1-19-17-23(21-13-15-29(16-14-21)27(30)34-28(2,3)4)26(33-5)24(18-19)35-36(31,32)25-12-8-10-20-9-6-7-11-22(20)25/h6-12,17-18,21H,13-16H2,1-5H3. The maximum Gasteiger partial charge on any atom is 0.410 e. The molecule has 8 heteroatoms. The summed E-state index contributed by atoms with van der Waals surface area (Å²) in [5.74, 6) is 0.649. The molecule has 0 atom stereocenters. The second kappa shape index (κ2) is 10.0. The van der Waals surface area contributed by atoms with E-state index in [4.69, 9.17) is 13.7 Å². The number of piperidine rings is 1. The second-order valence-corrected chi connectivity index (χ2v) is 11.7. The highest BCUT2D eigenvalue weighted by Crippen LogP contribution is 2.42. The third-order valence-electron chi connectivity index (χ3n) is 6.24. The van der Waals surface area contributed by atoms with Crippen LogP contribution >= 0.6 is 0 Å². The summed E-state index contributed by atoms with van der Waals surface area (Å²) in [5, 5.41) is 1.41. The van der Waals surface area contributed by atoms with E-state index in [2.05, 4.69) is 0 Å².